The number of rotatable bonds is 7. The van der Waals surface area contributed by atoms with E-state index in [1.807, 2.05) is 18.2 Å². The van der Waals surface area contributed by atoms with Crippen molar-refractivity contribution in [3.63, 3.8) is 0 Å². The van der Waals surface area contributed by atoms with Gasteiger partial charge in [0.05, 0.1) is 5.92 Å². The molecule has 2 fully saturated rings. The van der Waals surface area contributed by atoms with Crippen LogP contribution in [0.1, 0.15) is 42.4 Å². The van der Waals surface area contributed by atoms with Crippen LogP contribution in [-0.4, -0.2) is 41.9 Å². The van der Waals surface area contributed by atoms with Gasteiger partial charge in [0.2, 0.25) is 5.91 Å². The van der Waals surface area contributed by atoms with E-state index in [1.165, 1.54) is 37.1 Å². The van der Waals surface area contributed by atoms with Gasteiger partial charge in [-0.1, -0.05) is 54.1 Å². The molecule has 0 aromatic heterocycles. The highest BCUT2D eigenvalue weighted by molar-refractivity contribution is 6.31. The quantitative estimate of drug-likeness (QED) is 0.711. The van der Waals surface area contributed by atoms with E-state index >= 15 is 0 Å². The summed E-state index contributed by atoms with van der Waals surface area (Å²) in [5.41, 5.74) is 3.66. The molecule has 1 N–H and O–H groups in total. The summed E-state index contributed by atoms with van der Waals surface area (Å²) >= 11 is 6.32. The highest BCUT2D eigenvalue weighted by atomic mass is 35.5. The Kier molecular flexibility index (Phi) is 7.42. The van der Waals surface area contributed by atoms with E-state index in [1.54, 1.807) is 0 Å². The van der Waals surface area contributed by atoms with E-state index in [4.69, 9.17) is 11.6 Å². The monoisotopic (exact) mass is 425 g/mol. The maximum atomic E-state index is 12.8. The Hall–Kier alpha value is -1.88. The molecule has 30 heavy (non-hydrogen) atoms. The largest absolute Gasteiger partial charge is 0.352 e. The fourth-order valence-electron chi connectivity index (χ4n) is 4.65. The van der Waals surface area contributed by atoms with E-state index < -0.39 is 0 Å². The Labute approximate surface area is 185 Å². The SMILES string of the molecule is O=C(NCc1cccc(CN2CCCC2)c1)[C@@H]1CCCN(Cc2ccccc2Cl)C1. The van der Waals surface area contributed by atoms with Crippen LogP contribution in [0.5, 0.6) is 0 Å². The molecule has 0 radical (unpaired) electrons. The zero-order valence-electron chi connectivity index (χ0n) is 17.7. The number of amides is 1. The van der Waals surface area contributed by atoms with Gasteiger partial charge in [0.15, 0.2) is 0 Å². The number of piperidine rings is 1. The van der Waals surface area contributed by atoms with Crippen LogP contribution < -0.4 is 5.32 Å². The van der Waals surface area contributed by atoms with Crippen molar-refractivity contribution in [3.05, 3.63) is 70.2 Å². The molecule has 0 spiro atoms. The van der Waals surface area contributed by atoms with Crippen molar-refractivity contribution >= 4 is 17.5 Å². The Morgan fingerprint density at radius 3 is 2.53 bits per heavy atom. The highest BCUT2D eigenvalue weighted by Gasteiger charge is 2.26. The second kappa shape index (κ2) is 10.4. The van der Waals surface area contributed by atoms with Crippen LogP contribution in [0.4, 0.5) is 0 Å². The van der Waals surface area contributed by atoms with Crippen LogP contribution in [0.25, 0.3) is 0 Å². The van der Waals surface area contributed by atoms with Gasteiger partial charge in [0.25, 0.3) is 0 Å². The van der Waals surface area contributed by atoms with Crippen molar-refractivity contribution in [3.8, 4) is 0 Å². The fraction of sp³-hybridized carbons (Fsp3) is 0.480. The molecule has 0 saturated carbocycles. The maximum absolute atomic E-state index is 12.8. The van der Waals surface area contributed by atoms with Gasteiger partial charge in [-0.05, 0) is 68.1 Å². The summed E-state index contributed by atoms with van der Waals surface area (Å²) in [6, 6.07) is 16.6. The fourth-order valence-corrected chi connectivity index (χ4v) is 4.85. The number of nitrogens with one attached hydrogen (secondary N) is 1. The first kappa shape index (κ1) is 21.4. The second-order valence-corrected chi connectivity index (χ2v) is 9.09. The van der Waals surface area contributed by atoms with E-state index in [2.05, 4.69) is 45.4 Å². The van der Waals surface area contributed by atoms with Gasteiger partial charge in [-0.3, -0.25) is 14.6 Å². The number of hydrogen-bond acceptors (Lipinski definition) is 3. The van der Waals surface area contributed by atoms with Crippen molar-refractivity contribution in [1.82, 2.24) is 15.1 Å². The Morgan fingerprint density at radius 1 is 0.933 bits per heavy atom. The van der Waals surface area contributed by atoms with Crippen LogP contribution in [0.3, 0.4) is 0 Å². The second-order valence-electron chi connectivity index (χ2n) is 8.69. The molecule has 0 bridgehead atoms. The van der Waals surface area contributed by atoms with Crippen molar-refractivity contribution in [1.29, 1.82) is 0 Å². The molecule has 2 aromatic rings. The highest BCUT2D eigenvalue weighted by Crippen LogP contribution is 2.22. The molecule has 2 heterocycles. The lowest BCUT2D eigenvalue weighted by Gasteiger charge is -2.32. The first-order valence-electron chi connectivity index (χ1n) is 11.2. The molecule has 1 atom stereocenters. The summed E-state index contributed by atoms with van der Waals surface area (Å²) in [7, 11) is 0. The topological polar surface area (TPSA) is 35.6 Å². The van der Waals surface area contributed by atoms with Crippen molar-refractivity contribution in [2.75, 3.05) is 26.2 Å². The number of carbonyl (C=O) groups excluding carboxylic acids is 1. The van der Waals surface area contributed by atoms with Gasteiger partial charge in [-0.2, -0.15) is 0 Å². The van der Waals surface area contributed by atoms with Crippen LogP contribution in [0, 0.1) is 5.92 Å². The third-order valence-corrected chi connectivity index (χ3v) is 6.66. The van der Waals surface area contributed by atoms with Gasteiger partial charge >= 0.3 is 0 Å². The smallest absolute Gasteiger partial charge is 0.224 e. The van der Waals surface area contributed by atoms with Gasteiger partial charge in [-0.15, -0.1) is 0 Å². The average molecular weight is 426 g/mol. The maximum Gasteiger partial charge on any atom is 0.224 e. The van der Waals surface area contributed by atoms with E-state index in [-0.39, 0.29) is 11.8 Å². The lowest BCUT2D eigenvalue weighted by molar-refractivity contribution is -0.126. The van der Waals surface area contributed by atoms with Crippen LogP contribution in [0.15, 0.2) is 48.5 Å². The van der Waals surface area contributed by atoms with Crippen molar-refractivity contribution < 1.29 is 4.79 Å². The number of likely N-dealkylation sites (tertiary alicyclic amines) is 2. The lowest BCUT2D eigenvalue weighted by atomic mass is 9.96. The molecule has 1 amide bonds. The van der Waals surface area contributed by atoms with Crippen molar-refractivity contribution in [2.24, 2.45) is 5.92 Å². The molecule has 160 valence electrons. The summed E-state index contributed by atoms with van der Waals surface area (Å²) in [4.78, 5) is 17.7. The molecule has 0 unspecified atom stereocenters. The summed E-state index contributed by atoms with van der Waals surface area (Å²) in [5, 5.41) is 3.98. The molecule has 2 aliphatic heterocycles. The van der Waals surface area contributed by atoms with Gasteiger partial charge in [0, 0.05) is 31.2 Å². The molecule has 4 rings (SSSR count). The lowest BCUT2D eigenvalue weighted by Crippen LogP contribution is -2.42. The Balaban J connectivity index is 1.28. The minimum absolute atomic E-state index is 0.0500. The number of carbonyl (C=O) groups is 1. The first-order valence-corrected chi connectivity index (χ1v) is 11.6. The predicted molar refractivity (Wildman–Crippen MR) is 122 cm³/mol. The summed E-state index contributed by atoms with van der Waals surface area (Å²) < 4.78 is 0. The summed E-state index contributed by atoms with van der Waals surface area (Å²) in [6.07, 6.45) is 4.63. The number of benzene rings is 2. The first-order chi connectivity index (χ1) is 14.7. The van der Waals surface area contributed by atoms with Crippen LogP contribution in [-0.2, 0) is 24.4 Å². The molecule has 4 nitrogen and oxygen atoms in total. The standard InChI is InChI=1S/C25H32ClN3O/c26-24-11-2-1-9-22(24)18-29-14-6-10-23(19-29)25(30)27-16-20-7-5-8-21(15-20)17-28-12-3-4-13-28/h1-2,5,7-9,11,15,23H,3-4,6,10,12-14,16-19H2,(H,27,30)/t23-/m1/s1. The summed E-state index contributed by atoms with van der Waals surface area (Å²) in [6.45, 7) is 6.65. The third kappa shape index (κ3) is 5.84. The number of nitrogens with zero attached hydrogens (tertiary/aromatic N) is 2. The Bertz CT molecular complexity index is 850. The molecular weight excluding hydrogens is 394 g/mol. The normalized spacial score (nSPS) is 20.4. The van der Waals surface area contributed by atoms with E-state index in [0.717, 1.165) is 49.6 Å². The minimum atomic E-state index is 0.0500. The zero-order chi connectivity index (χ0) is 20.8. The van der Waals surface area contributed by atoms with E-state index in [0.29, 0.717) is 6.54 Å². The van der Waals surface area contributed by atoms with Gasteiger partial charge < -0.3 is 5.32 Å². The average Bonchev–Trinajstić information content (AvgIpc) is 3.27. The number of halogens is 1. The summed E-state index contributed by atoms with van der Waals surface area (Å²) in [5.74, 6) is 0.220. The van der Waals surface area contributed by atoms with Gasteiger partial charge in [-0.25, -0.2) is 0 Å². The number of hydrogen-bond donors (Lipinski definition) is 1. The molecular formula is C25H32ClN3O. The van der Waals surface area contributed by atoms with Gasteiger partial charge in [0.1, 0.15) is 0 Å². The molecule has 5 heteroatoms. The van der Waals surface area contributed by atoms with Crippen LogP contribution >= 0.6 is 11.6 Å². The molecule has 2 aromatic carbocycles. The minimum Gasteiger partial charge on any atom is -0.352 e. The molecule has 2 saturated heterocycles. The molecule has 2 aliphatic rings. The third-order valence-electron chi connectivity index (χ3n) is 6.29. The van der Waals surface area contributed by atoms with Crippen molar-refractivity contribution in [2.45, 2.75) is 45.3 Å². The Morgan fingerprint density at radius 2 is 1.70 bits per heavy atom. The van der Waals surface area contributed by atoms with Crippen LogP contribution in [0.2, 0.25) is 5.02 Å². The zero-order valence-corrected chi connectivity index (χ0v) is 18.4. The molecule has 0 aliphatic carbocycles. The van der Waals surface area contributed by atoms with E-state index in [9.17, 15) is 4.79 Å². The predicted octanol–water partition coefficient (Wildman–Crippen LogP) is 4.46.